The molecule has 2 atom stereocenters. The van der Waals surface area contributed by atoms with Crippen molar-refractivity contribution in [1.82, 2.24) is 0 Å². The van der Waals surface area contributed by atoms with Gasteiger partial charge in [0.25, 0.3) is 0 Å². The molecule has 0 unspecified atom stereocenters. The number of hydrogen-bond donors (Lipinski definition) is 0. The van der Waals surface area contributed by atoms with Crippen molar-refractivity contribution in [2.24, 2.45) is 0 Å². The van der Waals surface area contributed by atoms with E-state index in [2.05, 4.69) is 33.9 Å². The van der Waals surface area contributed by atoms with Crippen LogP contribution in [-0.4, -0.2) is 33.4 Å². The molecule has 100 valence electrons. The van der Waals surface area contributed by atoms with E-state index >= 15 is 0 Å². The van der Waals surface area contributed by atoms with Gasteiger partial charge in [-0.05, 0) is 31.0 Å². The van der Waals surface area contributed by atoms with Gasteiger partial charge < -0.3 is 9.16 Å². The number of carbonyl (C=O) groups is 1. The van der Waals surface area contributed by atoms with E-state index < -0.39 is 8.32 Å². The Morgan fingerprint density at radius 1 is 1.29 bits per heavy atom. The summed E-state index contributed by atoms with van der Waals surface area (Å²) in [5, 5.41) is 0.128. The maximum absolute atomic E-state index is 12.0. The molecule has 17 heavy (non-hydrogen) atoms. The third-order valence-corrected chi connectivity index (χ3v) is 8.55. The van der Waals surface area contributed by atoms with E-state index in [1.54, 1.807) is 7.11 Å². The second kappa shape index (κ2) is 5.20. The molecule has 3 nitrogen and oxygen atoms in total. The molecule has 0 bridgehead atoms. The normalized spacial score (nSPS) is 27.3. The van der Waals surface area contributed by atoms with Gasteiger partial charge in [0.15, 0.2) is 14.1 Å². The monoisotopic (exact) mass is 258 g/mol. The first-order valence-corrected chi connectivity index (χ1v) is 9.33. The molecular formula is C13H26O3Si. The first kappa shape index (κ1) is 14.9. The highest BCUT2D eigenvalue weighted by atomic mass is 28.4. The molecule has 0 heterocycles. The van der Waals surface area contributed by atoms with Crippen molar-refractivity contribution < 1.29 is 14.0 Å². The molecular weight excluding hydrogens is 232 g/mol. The van der Waals surface area contributed by atoms with E-state index in [4.69, 9.17) is 9.16 Å². The van der Waals surface area contributed by atoms with Crippen molar-refractivity contribution in [1.29, 1.82) is 0 Å². The number of ketones is 1. The molecule has 0 aromatic heterocycles. The fourth-order valence-corrected chi connectivity index (χ4v) is 3.13. The molecule has 0 aromatic rings. The van der Waals surface area contributed by atoms with Gasteiger partial charge in [-0.25, -0.2) is 0 Å². The summed E-state index contributed by atoms with van der Waals surface area (Å²) in [6, 6.07) is 0. The molecule has 0 spiro atoms. The van der Waals surface area contributed by atoms with E-state index in [9.17, 15) is 4.79 Å². The van der Waals surface area contributed by atoms with Gasteiger partial charge >= 0.3 is 0 Å². The Bertz CT molecular complexity index is 281. The summed E-state index contributed by atoms with van der Waals surface area (Å²) in [6.45, 7) is 10.9. The molecule has 0 amide bonds. The lowest BCUT2D eigenvalue weighted by molar-refractivity contribution is -0.137. The Kier molecular flexibility index (Phi) is 4.55. The highest BCUT2D eigenvalue weighted by molar-refractivity contribution is 6.74. The minimum Gasteiger partial charge on any atom is -0.404 e. The summed E-state index contributed by atoms with van der Waals surface area (Å²) in [5.74, 6) is 0.216. The van der Waals surface area contributed by atoms with Gasteiger partial charge in [0, 0.05) is 13.5 Å². The van der Waals surface area contributed by atoms with Gasteiger partial charge in [0.2, 0.25) is 0 Å². The van der Waals surface area contributed by atoms with Crippen LogP contribution in [0, 0.1) is 0 Å². The summed E-state index contributed by atoms with van der Waals surface area (Å²) in [5.41, 5.74) is 0. The van der Waals surface area contributed by atoms with Gasteiger partial charge in [0.1, 0.15) is 6.10 Å². The Labute approximate surface area is 106 Å². The quantitative estimate of drug-likeness (QED) is 0.730. The molecule has 0 N–H and O–H groups in total. The molecule has 1 rings (SSSR count). The van der Waals surface area contributed by atoms with Crippen LogP contribution in [0.25, 0.3) is 0 Å². The molecule has 1 aliphatic carbocycles. The largest absolute Gasteiger partial charge is 0.404 e. The maximum atomic E-state index is 12.0. The van der Waals surface area contributed by atoms with Crippen LogP contribution in [0.5, 0.6) is 0 Å². The zero-order valence-electron chi connectivity index (χ0n) is 12.0. The van der Waals surface area contributed by atoms with Gasteiger partial charge in [-0.3, -0.25) is 4.79 Å². The van der Waals surface area contributed by atoms with Crippen molar-refractivity contribution in [2.45, 2.75) is 70.4 Å². The average molecular weight is 258 g/mol. The van der Waals surface area contributed by atoms with Crippen LogP contribution in [0.1, 0.15) is 40.0 Å². The number of carbonyl (C=O) groups excluding carboxylic acids is 1. The van der Waals surface area contributed by atoms with Crippen molar-refractivity contribution in [2.75, 3.05) is 7.11 Å². The summed E-state index contributed by atoms with van der Waals surface area (Å²) in [7, 11) is -0.221. The second-order valence-corrected chi connectivity index (χ2v) is 11.2. The Balaban J connectivity index is 2.80. The van der Waals surface area contributed by atoms with Gasteiger partial charge in [-0.2, -0.15) is 0 Å². The van der Waals surface area contributed by atoms with Crippen molar-refractivity contribution >= 4 is 14.1 Å². The van der Waals surface area contributed by atoms with E-state index in [0.29, 0.717) is 6.42 Å². The number of rotatable bonds is 3. The SMILES string of the molecule is CO[C@@H]1CCCC(=O)[C@H]1O[Si](C)(C)C(C)(C)C. The van der Waals surface area contributed by atoms with Crippen molar-refractivity contribution in [3.8, 4) is 0 Å². The topological polar surface area (TPSA) is 35.5 Å². The lowest BCUT2D eigenvalue weighted by Gasteiger charge is -2.41. The molecule has 0 radical (unpaired) electrons. The molecule has 0 saturated heterocycles. The van der Waals surface area contributed by atoms with Crippen molar-refractivity contribution in [3.05, 3.63) is 0 Å². The minimum atomic E-state index is -1.89. The average Bonchev–Trinajstić information content (AvgIpc) is 2.19. The zero-order valence-corrected chi connectivity index (χ0v) is 13.0. The second-order valence-electron chi connectivity index (χ2n) is 6.43. The molecule has 1 saturated carbocycles. The fourth-order valence-electron chi connectivity index (χ4n) is 1.86. The summed E-state index contributed by atoms with van der Waals surface area (Å²) >= 11 is 0. The molecule has 0 aliphatic heterocycles. The predicted molar refractivity (Wildman–Crippen MR) is 71.7 cm³/mol. The van der Waals surface area contributed by atoms with E-state index in [-0.39, 0.29) is 23.0 Å². The molecule has 0 aromatic carbocycles. The van der Waals surface area contributed by atoms with Crippen LogP contribution in [0.15, 0.2) is 0 Å². The minimum absolute atomic E-state index is 0.0506. The third kappa shape index (κ3) is 3.39. The zero-order chi connectivity index (χ0) is 13.3. The first-order valence-electron chi connectivity index (χ1n) is 6.42. The van der Waals surface area contributed by atoms with Crippen LogP contribution in [0.2, 0.25) is 18.1 Å². The van der Waals surface area contributed by atoms with E-state index in [1.165, 1.54) is 0 Å². The van der Waals surface area contributed by atoms with Gasteiger partial charge in [-0.15, -0.1) is 0 Å². The number of ether oxygens (including phenoxy) is 1. The summed E-state index contributed by atoms with van der Waals surface area (Å²) in [4.78, 5) is 12.0. The van der Waals surface area contributed by atoms with Crippen LogP contribution < -0.4 is 0 Å². The summed E-state index contributed by atoms with van der Waals surface area (Å²) in [6.07, 6.45) is 2.11. The van der Waals surface area contributed by atoms with Crippen LogP contribution in [-0.2, 0) is 14.0 Å². The van der Waals surface area contributed by atoms with Crippen LogP contribution in [0.4, 0.5) is 0 Å². The van der Waals surface area contributed by atoms with E-state index in [0.717, 1.165) is 12.8 Å². The van der Waals surface area contributed by atoms with Crippen molar-refractivity contribution in [3.63, 3.8) is 0 Å². The summed E-state index contributed by atoms with van der Waals surface area (Å²) < 4.78 is 11.6. The fraction of sp³-hybridized carbons (Fsp3) is 0.923. The predicted octanol–water partition coefficient (Wildman–Crippen LogP) is 3.14. The highest BCUT2D eigenvalue weighted by Crippen LogP contribution is 2.38. The van der Waals surface area contributed by atoms with Gasteiger partial charge in [0.05, 0.1) is 6.10 Å². The number of hydrogen-bond acceptors (Lipinski definition) is 3. The smallest absolute Gasteiger partial charge is 0.193 e. The van der Waals surface area contributed by atoms with Crippen LogP contribution >= 0.6 is 0 Å². The number of methoxy groups -OCH3 is 1. The van der Waals surface area contributed by atoms with Crippen LogP contribution in [0.3, 0.4) is 0 Å². The molecule has 1 fully saturated rings. The lowest BCUT2D eigenvalue weighted by Crippen LogP contribution is -2.51. The Morgan fingerprint density at radius 3 is 2.35 bits per heavy atom. The number of Topliss-reactive ketones (excluding diaryl/α,β-unsaturated/α-hetero) is 1. The Morgan fingerprint density at radius 2 is 1.88 bits per heavy atom. The Hall–Kier alpha value is -0.193. The lowest BCUT2D eigenvalue weighted by atomic mass is 9.94. The maximum Gasteiger partial charge on any atom is 0.193 e. The molecule has 4 heteroatoms. The third-order valence-electron chi connectivity index (χ3n) is 4.10. The van der Waals surface area contributed by atoms with E-state index in [1.807, 2.05) is 0 Å². The first-order chi connectivity index (χ1) is 7.69. The molecule has 1 aliphatic rings. The standard InChI is InChI=1S/C13H26O3Si/c1-13(2,3)17(5,6)16-12-10(14)8-7-9-11(12)15-4/h11-12H,7-9H2,1-6H3/t11-,12-/m1/s1. The highest BCUT2D eigenvalue weighted by Gasteiger charge is 2.43. The van der Waals surface area contributed by atoms with Gasteiger partial charge in [-0.1, -0.05) is 20.8 Å².